The van der Waals surface area contributed by atoms with Gasteiger partial charge in [0.05, 0.1) is 13.7 Å². The van der Waals surface area contributed by atoms with Crippen molar-refractivity contribution < 1.29 is 13.9 Å². The average Bonchev–Trinajstić information content (AvgIpc) is 2.69. The van der Waals surface area contributed by atoms with Crippen molar-refractivity contribution in [1.82, 2.24) is 4.90 Å². The van der Waals surface area contributed by atoms with Crippen LogP contribution in [0.2, 0.25) is 0 Å². The number of halogens is 1. The fraction of sp³-hybridized carbons (Fsp3) is 0.615. The Bertz CT molecular complexity index is 434. The molecule has 6 heteroatoms. The third kappa shape index (κ3) is 3.96. The first-order valence-electron chi connectivity index (χ1n) is 6.25. The number of nitrogens with two attached hydrogens (primary N) is 1. The summed E-state index contributed by atoms with van der Waals surface area (Å²) >= 11 is 0. The minimum absolute atomic E-state index is 0. The molecule has 0 radical (unpaired) electrons. The molecule has 1 aliphatic rings. The first-order valence-corrected chi connectivity index (χ1v) is 6.25. The van der Waals surface area contributed by atoms with Crippen LogP contribution < -0.4 is 5.73 Å². The van der Waals surface area contributed by atoms with Crippen molar-refractivity contribution in [1.29, 1.82) is 0 Å². The number of hydrogen-bond acceptors (Lipinski definition) is 5. The van der Waals surface area contributed by atoms with Gasteiger partial charge in [-0.1, -0.05) is 0 Å². The number of furan rings is 1. The molecule has 2 N–H and O–H groups in total. The van der Waals surface area contributed by atoms with Gasteiger partial charge in [-0.05, 0) is 32.4 Å². The highest BCUT2D eigenvalue weighted by Crippen LogP contribution is 2.19. The molecule has 0 spiro atoms. The van der Waals surface area contributed by atoms with Crippen LogP contribution in [0.1, 0.15) is 34.7 Å². The molecule has 1 fully saturated rings. The van der Waals surface area contributed by atoms with Crippen LogP contribution in [0.25, 0.3) is 0 Å². The van der Waals surface area contributed by atoms with Gasteiger partial charge >= 0.3 is 5.97 Å². The number of carbonyl (C=O) groups is 1. The van der Waals surface area contributed by atoms with Gasteiger partial charge in [0.2, 0.25) is 0 Å². The van der Waals surface area contributed by atoms with Gasteiger partial charge in [0.25, 0.3) is 0 Å². The predicted molar refractivity (Wildman–Crippen MR) is 74.5 cm³/mol. The maximum absolute atomic E-state index is 11.5. The Labute approximate surface area is 119 Å². The zero-order chi connectivity index (χ0) is 13.1. The van der Waals surface area contributed by atoms with E-state index in [0.29, 0.717) is 17.9 Å². The minimum Gasteiger partial charge on any atom is -0.465 e. The van der Waals surface area contributed by atoms with Crippen LogP contribution in [0.5, 0.6) is 0 Å². The summed E-state index contributed by atoms with van der Waals surface area (Å²) in [6.45, 7) is 4.39. The predicted octanol–water partition coefficient (Wildman–Crippen LogP) is 1.72. The van der Waals surface area contributed by atoms with Gasteiger partial charge in [-0.3, -0.25) is 4.90 Å². The molecule has 1 aromatic rings. The lowest BCUT2D eigenvalue weighted by Gasteiger charge is -2.29. The molecule has 19 heavy (non-hydrogen) atoms. The molecule has 2 rings (SSSR count). The Hall–Kier alpha value is -1.04. The average molecular weight is 289 g/mol. The fourth-order valence-electron chi connectivity index (χ4n) is 2.39. The van der Waals surface area contributed by atoms with Gasteiger partial charge in [0.15, 0.2) is 0 Å². The van der Waals surface area contributed by atoms with Crippen molar-refractivity contribution in [3.8, 4) is 0 Å². The zero-order valence-electron chi connectivity index (χ0n) is 11.3. The fourth-order valence-corrected chi connectivity index (χ4v) is 2.39. The Kier molecular flexibility index (Phi) is 5.85. The van der Waals surface area contributed by atoms with Crippen molar-refractivity contribution in [2.24, 2.45) is 5.73 Å². The van der Waals surface area contributed by atoms with Crippen LogP contribution in [0.4, 0.5) is 0 Å². The number of carbonyl (C=O) groups excluding carboxylic acids is 1. The van der Waals surface area contributed by atoms with Crippen molar-refractivity contribution in [2.45, 2.75) is 32.4 Å². The number of ether oxygens (including phenoxy) is 1. The van der Waals surface area contributed by atoms with Crippen LogP contribution in [-0.2, 0) is 11.3 Å². The third-order valence-corrected chi connectivity index (χ3v) is 3.30. The lowest BCUT2D eigenvalue weighted by Crippen LogP contribution is -2.42. The number of esters is 1. The number of nitrogens with zero attached hydrogens (tertiary/aromatic N) is 1. The summed E-state index contributed by atoms with van der Waals surface area (Å²) in [6, 6.07) is 2.01. The second kappa shape index (κ2) is 6.93. The van der Waals surface area contributed by atoms with E-state index in [0.717, 1.165) is 31.7 Å². The maximum Gasteiger partial charge on any atom is 0.341 e. The quantitative estimate of drug-likeness (QED) is 0.858. The normalized spacial score (nSPS) is 19.8. The standard InChI is InChI=1S/C13H20N2O3.ClH/c1-9-12(13(16)17-2)6-11(18-9)8-15-5-3-4-10(14)7-15;/h6,10H,3-5,7-8,14H2,1-2H3;1H/t10-;/m1./s1. The molecule has 0 aromatic carbocycles. The summed E-state index contributed by atoms with van der Waals surface area (Å²) in [5, 5.41) is 0. The van der Waals surface area contributed by atoms with Crippen molar-refractivity contribution in [3.05, 3.63) is 23.2 Å². The Morgan fingerprint density at radius 2 is 2.37 bits per heavy atom. The number of piperidine rings is 1. The van der Waals surface area contributed by atoms with Gasteiger partial charge in [-0.25, -0.2) is 4.79 Å². The summed E-state index contributed by atoms with van der Waals surface area (Å²) in [7, 11) is 1.37. The molecule has 108 valence electrons. The van der Waals surface area contributed by atoms with Gasteiger partial charge in [-0.2, -0.15) is 0 Å². The number of hydrogen-bond donors (Lipinski definition) is 1. The van der Waals surface area contributed by atoms with Crippen molar-refractivity contribution in [3.63, 3.8) is 0 Å². The first kappa shape index (κ1) is 16.0. The first-order chi connectivity index (χ1) is 8.60. The lowest BCUT2D eigenvalue weighted by molar-refractivity contribution is 0.0599. The summed E-state index contributed by atoms with van der Waals surface area (Å²) in [6.07, 6.45) is 2.20. The second-order valence-corrected chi connectivity index (χ2v) is 4.81. The monoisotopic (exact) mass is 288 g/mol. The molecule has 1 aromatic heterocycles. The SMILES string of the molecule is COC(=O)c1cc(CN2CCC[C@@H](N)C2)oc1C.Cl. The van der Waals surface area contributed by atoms with Crippen LogP contribution in [0, 0.1) is 6.92 Å². The van der Waals surface area contributed by atoms with Gasteiger partial charge in [-0.15, -0.1) is 12.4 Å². The van der Waals surface area contributed by atoms with E-state index in [9.17, 15) is 4.79 Å². The molecule has 1 atom stereocenters. The molecule has 0 saturated carbocycles. The Morgan fingerprint density at radius 3 is 3.00 bits per heavy atom. The van der Waals surface area contributed by atoms with E-state index in [1.807, 2.05) is 0 Å². The van der Waals surface area contributed by atoms with E-state index in [4.69, 9.17) is 14.9 Å². The highest BCUT2D eigenvalue weighted by Gasteiger charge is 2.20. The third-order valence-electron chi connectivity index (χ3n) is 3.30. The van der Waals surface area contributed by atoms with Gasteiger partial charge in [0, 0.05) is 12.6 Å². The Balaban J connectivity index is 0.00000180. The molecular formula is C13H21ClN2O3. The summed E-state index contributed by atoms with van der Waals surface area (Å²) in [5.41, 5.74) is 6.45. The van der Waals surface area contributed by atoms with E-state index in [1.54, 1.807) is 13.0 Å². The summed E-state index contributed by atoms with van der Waals surface area (Å²) in [5.74, 6) is 1.05. The second-order valence-electron chi connectivity index (χ2n) is 4.81. The van der Waals surface area contributed by atoms with E-state index in [1.165, 1.54) is 7.11 Å². The summed E-state index contributed by atoms with van der Waals surface area (Å²) < 4.78 is 10.3. The van der Waals surface area contributed by atoms with E-state index < -0.39 is 0 Å². The van der Waals surface area contributed by atoms with Gasteiger partial charge in [0.1, 0.15) is 17.1 Å². The summed E-state index contributed by atoms with van der Waals surface area (Å²) in [4.78, 5) is 13.7. The zero-order valence-corrected chi connectivity index (χ0v) is 12.2. The number of methoxy groups -OCH3 is 1. The molecule has 0 unspecified atom stereocenters. The number of aryl methyl sites for hydroxylation is 1. The van der Waals surface area contributed by atoms with Crippen LogP contribution in [0.15, 0.2) is 10.5 Å². The smallest absolute Gasteiger partial charge is 0.341 e. The number of rotatable bonds is 3. The topological polar surface area (TPSA) is 68.7 Å². The highest BCUT2D eigenvalue weighted by molar-refractivity contribution is 5.90. The molecule has 1 aliphatic heterocycles. The maximum atomic E-state index is 11.5. The Morgan fingerprint density at radius 1 is 1.63 bits per heavy atom. The molecular weight excluding hydrogens is 268 g/mol. The largest absolute Gasteiger partial charge is 0.465 e. The minimum atomic E-state index is -0.349. The molecule has 0 bridgehead atoms. The highest BCUT2D eigenvalue weighted by atomic mass is 35.5. The van der Waals surface area contributed by atoms with Gasteiger partial charge < -0.3 is 14.9 Å². The van der Waals surface area contributed by atoms with Crippen LogP contribution >= 0.6 is 12.4 Å². The number of likely N-dealkylation sites (tertiary alicyclic amines) is 1. The molecule has 1 saturated heterocycles. The van der Waals surface area contributed by atoms with Crippen molar-refractivity contribution in [2.75, 3.05) is 20.2 Å². The molecule has 5 nitrogen and oxygen atoms in total. The molecule has 0 amide bonds. The van der Waals surface area contributed by atoms with Crippen molar-refractivity contribution >= 4 is 18.4 Å². The van der Waals surface area contributed by atoms with Crippen LogP contribution in [-0.4, -0.2) is 37.1 Å². The molecule has 0 aliphatic carbocycles. The lowest BCUT2D eigenvalue weighted by atomic mass is 10.1. The van der Waals surface area contributed by atoms with E-state index in [-0.39, 0.29) is 24.4 Å². The molecule has 2 heterocycles. The van der Waals surface area contributed by atoms with E-state index >= 15 is 0 Å². The van der Waals surface area contributed by atoms with Crippen LogP contribution in [0.3, 0.4) is 0 Å². The van der Waals surface area contributed by atoms with E-state index in [2.05, 4.69) is 4.90 Å².